The number of amides is 3. The Labute approximate surface area is 215 Å². The van der Waals surface area contributed by atoms with Crippen LogP contribution in [0, 0.1) is 19.8 Å². The first-order valence-corrected chi connectivity index (χ1v) is 12.5. The molecule has 3 atom stereocenters. The lowest BCUT2D eigenvalue weighted by Gasteiger charge is -2.34. The summed E-state index contributed by atoms with van der Waals surface area (Å²) in [7, 11) is 1.61. The van der Waals surface area contributed by atoms with Gasteiger partial charge in [-0.1, -0.05) is 74.4 Å². The van der Waals surface area contributed by atoms with Crippen molar-refractivity contribution in [3.05, 3.63) is 70.8 Å². The van der Waals surface area contributed by atoms with Gasteiger partial charge in [0.05, 0.1) is 0 Å². The molecule has 0 aromatic heterocycles. The Morgan fingerprint density at radius 2 is 1.67 bits per heavy atom. The summed E-state index contributed by atoms with van der Waals surface area (Å²) < 4.78 is 5.41. The Morgan fingerprint density at radius 1 is 1.03 bits per heavy atom. The van der Waals surface area contributed by atoms with Gasteiger partial charge in [-0.3, -0.25) is 9.59 Å². The topological polar surface area (TPSA) is 87.7 Å². The summed E-state index contributed by atoms with van der Waals surface area (Å²) in [6.07, 6.45) is 0.000326. The van der Waals surface area contributed by atoms with Crippen LogP contribution in [-0.4, -0.2) is 41.5 Å². The van der Waals surface area contributed by atoms with Crippen LogP contribution in [0.1, 0.15) is 69.3 Å². The number of ether oxygens (including phenoxy) is 1. The fourth-order valence-electron chi connectivity index (χ4n) is 3.93. The monoisotopic (exact) mass is 495 g/mol. The number of carbonyl (C=O) groups is 3. The molecule has 196 valence electrons. The number of hydrogen-bond donors (Lipinski definition) is 2. The van der Waals surface area contributed by atoms with E-state index in [1.54, 1.807) is 27.8 Å². The molecular weight excluding hydrogens is 454 g/mol. The van der Waals surface area contributed by atoms with Gasteiger partial charge >= 0.3 is 6.09 Å². The molecule has 0 aliphatic rings. The first-order chi connectivity index (χ1) is 16.8. The largest absolute Gasteiger partial charge is 0.444 e. The van der Waals surface area contributed by atoms with Crippen molar-refractivity contribution >= 4 is 17.9 Å². The number of likely N-dealkylation sites (N-methyl/N-ethyl adjacent to an activating group) is 1. The lowest BCUT2D eigenvalue weighted by molar-refractivity contribution is -0.141. The van der Waals surface area contributed by atoms with Gasteiger partial charge in [0.1, 0.15) is 17.7 Å². The maximum absolute atomic E-state index is 13.8. The molecule has 2 aromatic carbocycles. The van der Waals surface area contributed by atoms with Crippen LogP contribution in [0.2, 0.25) is 0 Å². The number of benzene rings is 2. The zero-order valence-corrected chi connectivity index (χ0v) is 22.8. The van der Waals surface area contributed by atoms with E-state index < -0.39 is 23.8 Å². The summed E-state index contributed by atoms with van der Waals surface area (Å²) in [5.74, 6) is -0.807. The van der Waals surface area contributed by atoms with Gasteiger partial charge in [0.15, 0.2) is 0 Å². The van der Waals surface area contributed by atoms with Gasteiger partial charge in [0.2, 0.25) is 11.8 Å². The van der Waals surface area contributed by atoms with Crippen LogP contribution in [0.15, 0.2) is 48.5 Å². The number of nitrogens with one attached hydrogen (secondary N) is 2. The van der Waals surface area contributed by atoms with Crippen molar-refractivity contribution in [1.82, 2.24) is 15.5 Å². The number of hydrogen-bond acceptors (Lipinski definition) is 4. The minimum Gasteiger partial charge on any atom is -0.444 e. The van der Waals surface area contributed by atoms with Crippen LogP contribution in [0.4, 0.5) is 4.79 Å². The normalized spacial score (nSPS) is 13.8. The summed E-state index contributed by atoms with van der Waals surface area (Å²) in [4.78, 5) is 41.4. The van der Waals surface area contributed by atoms with Gasteiger partial charge in [-0.05, 0) is 57.2 Å². The first kappa shape index (κ1) is 28.9. The summed E-state index contributed by atoms with van der Waals surface area (Å²) in [5.41, 5.74) is 2.90. The number of carbonyl (C=O) groups excluding carboxylic acids is 3. The molecule has 3 amide bonds. The molecule has 7 heteroatoms. The molecule has 0 saturated carbocycles. The molecule has 36 heavy (non-hydrogen) atoms. The Morgan fingerprint density at radius 3 is 2.25 bits per heavy atom. The predicted octanol–water partition coefficient (Wildman–Crippen LogP) is 5.06. The third kappa shape index (κ3) is 8.11. The Bertz CT molecular complexity index is 1050. The lowest BCUT2D eigenvalue weighted by atomic mass is 9.94. The van der Waals surface area contributed by atoms with Gasteiger partial charge < -0.3 is 20.3 Å². The fraction of sp³-hybridized carbons (Fsp3) is 0.483. The minimum atomic E-state index is -0.867. The number of alkyl carbamates (subject to hydrolysis) is 1. The smallest absolute Gasteiger partial charge is 0.408 e. The van der Waals surface area contributed by atoms with Gasteiger partial charge in [-0.2, -0.15) is 0 Å². The molecule has 0 heterocycles. The second-order valence-electron chi connectivity index (χ2n) is 10.4. The second-order valence-corrected chi connectivity index (χ2v) is 10.4. The molecule has 0 bridgehead atoms. The molecule has 0 aliphatic heterocycles. The highest BCUT2D eigenvalue weighted by molar-refractivity contribution is 5.92. The highest BCUT2D eigenvalue weighted by Gasteiger charge is 2.36. The Balaban J connectivity index is 2.39. The maximum atomic E-state index is 13.8. The highest BCUT2D eigenvalue weighted by Crippen LogP contribution is 2.27. The van der Waals surface area contributed by atoms with E-state index in [0.717, 1.165) is 22.3 Å². The fourth-order valence-corrected chi connectivity index (χ4v) is 3.93. The minimum absolute atomic E-state index is 0.167. The maximum Gasteiger partial charge on any atom is 0.408 e. The van der Waals surface area contributed by atoms with E-state index in [1.165, 1.54) is 4.90 Å². The van der Waals surface area contributed by atoms with Crippen LogP contribution in [0.5, 0.6) is 0 Å². The van der Waals surface area contributed by atoms with Crippen molar-refractivity contribution in [2.24, 2.45) is 5.92 Å². The Hall–Kier alpha value is -3.35. The molecule has 0 aliphatic carbocycles. The van der Waals surface area contributed by atoms with Crippen molar-refractivity contribution in [3.8, 4) is 0 Å². The average molecular weight is 496 g/mol. The van der Waals surface area contributed by atoms with Gasteiger partial charge in [0, 0.05) is 13.6 Å². The third-order valence-electron chi connectivity index (χ3n) is 6.17. The van der Waals surface area contributed by atoms with E-state index in [1.807, 2.05) is 76.2 Å². The highest BCUT2D eigenvalue weighted by atomic mass is 16.6. The first-order valence-electron chi connectivity index (χ1n) is 12.5. The van der Waals surface area contributed by atoms with E-state index >= 15 is 0 Å². The van der Waals surface area contributed by atoms with Gasteiger partial charge in [-0.25, -0.2) is 4.79 Å². The van der Waals surface area contributed by atoms with Crippen molar-refractivity contribution in [2.45, 2.75) is 79.1 Å². The van der Waals surface area contributed by atoms with Crippen LogP contribution < -0.4 is 10.6 Å². The average Bonchev–Trinajstić information content (AvgIpc) is 2.82. The van der Waals surface area contributed by atoms with Crippen molar-refractivity contribution in [3.63, 3.8) is 0 Å². The van der Waals surface area contributed by atoms with Crippen LogP contribution in [0.25, 0.3) is 0 Å². The zero-order valence-electron chi connectivity index (χ0n) is 22.8. The van der Waals surface area contributed by atoms with Crippen LogP contribution in [0.3, 0.4) is 0 Å². The van der Waals surface area contributed by atoms with Crippen molar-refractivity contribution in [2.75, 3.05) is 7.05 Å². The van der Waals surface area contributed by atoms with E-state index in [9.17, 15) is 14.4 Å². The van der Waals surface area contributed by atoms with E-state index in [-0.39, 0.29) is 17.7 Å². The molecular formula is C29H41N3O4. The predicted molar refractivity (Wildman–Crippen MR) is 142 cm³/mol. The third-order valence-corrected chi connectivity index (χ3v) is 6.17. The second kappa shape index (κ2) is 12.6. The molecule has 2 N–H and O–H groups in total. The Kier molecular flexibility index (Phi) is 10.1. The molecule has 2 aromatic rings. The number of nitrogens with zero attached hydrogens (tertiary/aromatic N) is 1. The van der Waals surface area contributed by atoms with Crippen molar-refractivity contribution in [1.29, 1.82) is 0 Å². The summed E-state index contributed by atoms with van der Waals surface area (Å²) in [5, 5.41) is 5.74. The molecule has 7 nitrogen and oxygen atoms in total. The standard InChI is InChI=1S/C29H41N3O4/c1-9-20(3)24(31-28(35)36-29(5,6)7)27(34)32(8)25(23-17-19(2)15-16-21(23)4)26(33)30-18-22-13-11-10-12-14-22/h10-17,20,24-25H,9,18H2,1-8H3,(H,30,33)(H,31,35). The van der Waals surface area contributed by atoms with Crippen LogP contribution >= 0.6 is 0 Å². The SMILES string of the molecule is CCC(C)C(NC(=O)OC(C)(C)C)C(=O)N(C)C(C(=O)NCc1ccccc1)c1cc(C)ccc1C. The van der Waals surface area contributed by atoms with Crippen molar-refractivity contribution < 1.29 is 19.1 Å². The summed E-state index contributed by atoms with van der Waals surface area (Å²) in [6, 6.07) is 13.8. The van der Waals surface area contributed by atoms with E-state index in [2.05, 4.69) is 10.6 Å². The summed E-state index contributed by atoms with van der Waals surface area (Å²) >= 11 is 0. The molecule has 3 unspecified atom stereocenters. The molecule has 0 fully saturated rings. The molecule has 0 spiro atoms. The quantitative estimate of drug-likeness (QED) is 0.509. The molecule has 0 saturated heterocycles. The van der Waals surface area contributed by atoms with Gasteiger partial charge in [-0.15, -0.1) is 0 Å². The van der Waals surface area contributed by atoms with E-state index in [4.69, 9.17) is 4.74 Å². The zero-order chi connectivity index (χ0) is 27.0. The van der Waals surface area contributed by atoms with Crippen LogP contribution in [-0.2, 0) is 20.9 Å². The summed E-state index contributed by atoms with van der Waals surface area (Å²) in [6.45, 7) is 13.4. The number of aryl methyl sites for hydroxylation is 2. The number of rotatable bonds is 9. The van der Waals surface area contributed by atoms with Gasteiger partial charge in [0.25, 0.3) is 0 Å². The lowest BCUT2D eigenvalue weighted by Crippen LogP contribution is -2.54. The molecule has 0 radical (unpaired) electrons. The molecule has 2 rings (SSSR count). The van der Waals surface area contributed by atoms with E-state index in [0.29, 0.717) is 13.0 Å².